The van der Waals surface area contributed by atoms with E-state index < -0.39 is 0 Å². The van der Waals surface area contributed by atoms with Gasteiger partial charge in [-0.1, -0.05) is 25.0 Å². The number of phenolic OH excluding ortho intramolecular Hbond substituents is 1. The average molecular weight is 191 g/mol. The fourth-order valence-electron chi connectivity index (χ4n) is 2.33. The molecule has 1 aromatic carbocycles. The minimum Gasteiger partial charge on any atom is -0.508 e. The van der Waals surface area contributed by atoms with Crippen molar-refractivity contribution >= 4 is 0 Å². The van der Waals surface area contributed by atoms with Crippen LogP contribution in [0.5, 0.6) is 5.75 Å². The molecule has 1 aliphatic carbocycles. The molecular formula is C12H17NO. The summed E-state index contributed by atoms with van der Waals surface area (Å²) < 4.78 is 0. The lowest BCUT2D eigenvalue weighted by Gasteiger charge is -2.28. The highest BCUT2D eigenvalue weighted by Crippen LogP contribution is 2.32. The number of benzene rings is 1. The second-order valence-corrected chi connectivity index (χ2v) is 4.15. The molecule has 1 aromatic rings. The van der Waals surface area contributed by atoms with Crippen molar-refractivity contribution in [2.24, 2.45) is 5.73 Å². The third-order valence-electron chi connectivity index (χ3n) is 3.12. The molecule has 1 aliphatic rings. The molecule has 0 heterocycles. The van der Waals surface area contributed by atoms with Gasteiger partial charge in [-0.15, -0.1) is 0 Å². The lowest BCUT2D eigenvalue weighted by Crippen LogP contribution is -2.31. The van der Waals surface area contributed by atoms with Gasteiger partial charge in [-0.3, -0.25) is 0 Å². The van der Waals surface area contributed by atoms with E-state index in [1.165, 1.54) is 18.4 Å². The lowest BCUT2D eigenvalue weighted by molar-refractivity contribution is 0.384. The zero-order chi connectivity index (χ0) is 9.97. The van der Waals surface area contributed by atoms with E-state index in [2.05, 4.69) is 6.07 Å². The summed E-state index contributed by atoms with van der Waals surface area (Å²) in [6.07, 6.45) is 4.77. The number of nitrogens with two attached hydrogens (primary N) is 1. The maximum Gasteiger partial charge on any atom is 0.115 e. The van der Waals surface area contributed by atoms with Gasteiger partial charge in [0.15, 0.2) is 0 Å². The maximum absolute atomic E-state index is 9.39. The molecular weight excluding hydrogens is 174 g/mol. The standard InChI is InChI=1S/C12H17NO/c13-12-7-2-1-6-11(12)9-4-3-5-10(14)8-9/h3-5,8,11-12,14H,1-2,6-7,13H2/t11-,12+/m1/s1. The van der Waals surface area contributed by atoms with Gasteiger partial charge in [0.05, 0.1) is 0 Å². The number of phenols is 1. The van der Waals surface area contributed by atoms with Gasteiger partial charge in [0, 0.05) is 6.04 Å². The minimum atomic E-state index is 0.269. The Kier molecular flexibility index (Phi) is 2.73. The third kappa shape index (κ3) is 1.90. The molecule has 0 aliphatic heterocycles. The molecule has 2 rings (SSSR count). The van der Waals surface area contributed by atoms with Crippen molar-refractivity contribution in [1.29, 1.82) is 0 Å². The van der Waals surface area contributed by atoms with E-state index in [4.69, 9.17) is 5.73 Å². The second kappa shape index (κ2) is 4.01. The van der Waals surface area contributed by atoms with Crippen molar-refractivity contribution in [3.05, 3.63) is 29.8 Å². The average Bonchev–Trinajstić information content (AvgIpc) is 2.18. The molecule has 76 valence electrons. The van der Waals surface area contributed by atoms with Crippen molar-refractivity contribution < 1.29 is 5.11 Å². The zero-order valence-electron chi connectivity index (χ0n) is 8.32. The second-order valence-electron chi connectivity index (χ2n) is 4.15. The predicted molar refractivity (Wildman–Crippen MR) is 57.3 cm³/mol. The molecule has 2 heteroatoms. The highest BCUT2D eigenvalue weighted by molar-refractivity contribution is 5.30. The van der Waals surface area contributed by atoms with Crippen molar-refractivity contribution in [3.63, 3.8) is 0 Å². The predicted octanol–water partition coefficient (Wildman–Crippen LogP) is 2.38. The van der Waals surface area contributed by atoms with Crippen LogP contribution in [-0.4, -0.2) is 11.1 Å². The monoisotopic (exact) mass is 191 g/mol. The van der Waals surface area contributed by atoms with Crippen LogP contribution < -0.4 is 5.73 Å². The summed E-state index contributed by atoms with van der Waals surface area (Å²) in [5.41, 5.74) is 7.27. The van der Waals surface area contributed by atoms with E-state index in [1.54, 1.807) is 6.07 Å². The summed E-state index contributed by atoms with van der Waals surface area (Å²) in [6.45, 7) is 0. The Morgan fingerprint density at radius 2 is 2.00 bits per heavy atom. The van der Waals surface area contributed by atoms with Crippen LogP contribution in [0.25, 0.3) is 0 Å². The summed E-state index contributed by atoms with van der Waals surface area (Å²) in [5.74, 6) is 0.788. The Bertz CT molecular complexity index is 311. The maximum atomic E-state index is 9.39. The summed E-state index contributed by atoms with van der Waals surface area (Å²) >= 11 is 0. The van der Waals surface area contributed by atoms with Crippen LogP contribution >= 0.6 is 0 Å². The van der Waals surface area contributed by atoms with Crippen molar-refractivity contribution in [3.8, 4) is 5.75 Å². The lowest BCUT2D eigenvalue weighted by atomic mass is 9.80. The molecule has 3 N–H and O–H groups in total. The van der Waals surface area contributed by atoms with E-state index in [9.17, 15) is 5.11 Å². The van der Waals surface area contributed by atoms with E-state index in [0.29, 0.717) is 11.7 Å². The van der Waals surface area contributed by atoms with Gasteiger partial charge < -0.3 is 10.8 Å². The van der Waals surface area contributed by atoms with Crippen LogP contribution in [-0.2, 0) is 0 Å². The fraction of sp³-hybridized carbons (Fsp3) is 0.500. The molecule has 0 aromatic heterocycles. The van der Waals surface area contributed by atoms with E-state index in [-0.39, 0.29) is 6.04 Å². The molecule has 0 bridgehead atoms. The highest BCUT2D eigenvalue weighted by Gasteiger charge is 2.23. The number of hydrogen-bond donors (Lipinski definition) is 2. The Hall–Kier alpha value is -1.02. The molecule has 14 heavy (non-hydrogen) atoms. The van der Waals surface area contributed by atoms with Crippen molar-refractivity contribution in [2.75, 3.05) is 0 Å². The Balaban J connectivity index is 2.20. The highest BCUT2D eigenvalue weighted by atomic mass is 16.3. The van der Waals surface area contributed by atoms with Gasteiger partial charge >= 0.3 is 0 Å². The summed E-state index contributed by atoms with van der Waals surface area (Å²) in [5, 5.41) is 9.39. The summed E-state index contributed by atoms with van der Waals surface area (Å²) in [6, 6.07) is 7.78. The van der Waals surface area contributed by atoms with Crippen LogP contribution in [0.2, 0.25) is 0 Å². The van der Waals surface area contributed by atoms with Crippen molar-refractivity contribution in [2.45, 2.75) is 37.6 Å². The first-order valence-corrected chi connectivity index (χ1v) is 5.32. The van der Waals surface area contributed by atoms with Crippen LogP contribution in [0.3, 0.4) is 0 Å². The SMILES string of the molecule is N[C@H]1CCCC[C@@H]1c1cccc(O)c1. The van der Waals surface area contributed by atoms with Gasteiger partial charge in [-0.25, -0.2) is 0 Å². The Morgan fingerprint density at radius 1 is 1.21 bits per heavy atom. The quantitative estimate of drug-likeness (QED) is 0.716. The molecule has 0 spiro atoms. The zero-order valence-corrected chi connectivity index (χ0v) is 8.32. The molecule has 0 amide bonds. The Morgan fingerprint density at radius 3 is 2.71 bits per heavy atom. The number of rotatable bonds is 1. The van der Waals surface area contributed by atoms with Gasteiger partial charge in [0.25, 0.3) is 0 Å². The Labute approximate surface area is 84.7 Å². The molecule has 0 radical (unpaired) electrons. The number of hydrogen-bond acceptors (Lipinski definition) is 2. The first-order chi connectivity index (χ1) is 6.77. The largest absolute Gasteiger partial charge is 0.508 e. The van der Waals surface area contributed by atoms with Crippen LogP contribution in [0, 0.1) is 0 Å². The first kappa shape index (κ1) is 9.53. The van der Waals surface area contributed by atoms with E-state index >= 15 is 0 Å². The normalized spacial score (nSPS) is 27.5. The van der Waals surface area contributed by atoms with Gasteiger partial charge in [-0.05, 0) is 36.5 Å². The number of aromatic hydroxyl groups is 1. The van der Waals surface area contributed by atoms with Gasteiger partial charge in [-0.2, -0.15) is 0 Å². The first-order valence-electron chi connectivity index (χ1n) is 5.32. The topological polar surface area (TPSA) is 46.2 Å². The molecule has 0 unspecified atom stereocenters. The van der Waals surface area contributed by atoms with Crippen LogP contribution in [0.4, 0.5) is 0 Å². The summed E-state index contributed by atoms with van der Waals surface area (Å²) in [7, 11) is 0. The van der Waals surface area contributed by atoms with Gasteiger partial charge in [0.2, 0.25) is 0 Å². The van der Waals surface area contributed by atoms with E-state index in [0.717, 1.165) is 12.8 Å². The minimum absolute atomic E-state index is 0.269. The fourth-order valence-corrected chi connectivity index (χ4v) is 2.33. The molecule has 2 atom stereocenters. The molecule has 1 fully saturated rings. The van der Waals surface area contributed by atoms with E-state index in [1.807, 2.05) is 12.1 Å². The van der Waals surface area contributed by atoms with Gasteiger partial charge in [0.1, 0.15) is 5.75 Å². The van der Waals surface area contributed by atoms with Crippen molar-refractivity contribution in [1.82, 2.24) is 0 Å². The third-order valence-corrected chi connectivity index (χ3v) is 3.12. The molecule has 0 saturated heterocycles. The smallest absolute Gasteiger partial charge is 0.115 e. The molecule has 2 nitrogen and oxygen atoms in total. The van der Waals surface area contributed by atoms with Crippen LogP contribution in [0.15, 0.2) is 24.3 Å². The molecule has 1 saturated carbocycles. The summed E-state index contributed by atoms with van der Waals surface area (Å²) in [4.78, 5) is 0. The van der Waals surface area contributed by atoms with Crippen LogP contribution in [0.1, 0.15) is 37.2 Å².